The Balaban J connectivity index is 0. The number of carboxylic acid groups (broad SMARTS) is 1. The number of rotatable bonds is 10. The van der Waals surface area contributed by atoms with Gasteiger partial charge in [-0.15, -0.1) is 0 Å². The number of carboxylic acids is 1. The van der Waals surface area contributed by atoms with Gasteiger partial charge in [-0.2, -0.15) is 0 Å². The fourth-order valence-corrected chi connectivity index (χ4v) is 1.59. The third-order valence-corrected chi connectivity index (χ3v) is 2.49. The van der Waals surface area contributed by atoms with E-state index in [-0.39, 0.29) is 25.8 Å². The molecule has 0 spiro atoms. The minimum absolute atomic E-state index is 0. The van der Waals surface area contributed by atoms with E-state index in [9.17, 15) is 4.79 Å². The minimum atomic E-state index is -0.659. The summed E-state index contributed by atoms with van der Waals surface area (Å²) in [5.74, 6) is -0.659. The van der Waals surface area contributed by atoms with Crippen LogP contribution in [0.5, 0.6) is 0 Å². The molecule has 0 saturated heterocycles. The van der Waals surface area contributed by atoms with E-state index in [4.69, 9.17) is 5.11 Å². The molecule has 0 fully saturated rings. The molecule has 0 aliphatic heterocycles. The third-order valence-electron chi connectivity index (χ3n) is 2.49. The Bertz CT molecular complexity index is 138. The van der Waals surface area contributed by atoms with Crippen molar-refractivity contribution in [3.05, 3.63) is 0 Å². The second kappa shape index (κ2) is 14.3. The second-order valence-electron chi connectivity index (χ2n) is 3.97. The quantitative estimate of drug-likeness (QED) is 0.629. The Morgan fingerprint density at radius 2 is 1.27 bits per heavy atom. The van der Waals surface area contributed by atoms with Gasteiger partial charge in [0.15, 0.2) is 0 Å². The summed E-state index contributed by atoms with van der Waals surface area (Å²) in [7, 11) is 0. The predicted octanol–water partition coefficient (Wildman–Crippen LogP) is 2.81. The Kier molecular flexibility index (Phi) is 16.9. The molecule has 15 heavy (non-hydrogen) atoms. The van der Waals surface area contributed by atoms with Crippen LogP contribution < -0.4 is 0 Å². The van der Waals surface area contributed by atoms with Crippen LogP contribution in [0.3, 0.4) is 0 Å². The SMILES string of the molecule is CCCCCCCCCCCC(=O)O.[InH3]. The van der Waals surface area contributed by atoms with Gasteiger partial charge in [-0.25, -0.2) is 0 Å². The van der Waals surface area contributed by atoms with Crippen LogP contribution in [0.25, 0.3) is 0 Å². The predicted molar refractivity (Wildman–Crippen MR) is 69.4 cm³/mol. The van der Waals surface area contributed by atoms with Crippen LogP contribution in [0.2, 0.25) is 0 Å². The van der Waals surface area contributed by atoms with Crippen molar-refractivity contribution in [3.63, 3.8) is 0 Å². The summed E-state index contributed by atoms with van der Waals surface area (Å²) in [6, 6.07) is 0. The Morgan fingerprint density at radius 3 is 1.67 bits per heavy atom. The van der Waals surface area contributed by atoms with E-state index in [0.717, 1.165) is 12.8 Å². The maximum atomic E-state index is 10.2. The molecule has 0 amide bonds. The zero-order valence-electron chi connectivity index (χ0n) is 9.43. The molecule has 0 aromatic heterocycles. The van der Waals surface area contributed by atoms with E-state index >= 15 is 0 Å². The van der Waals surface area contributed by atoms with Crippen LogP contribution in [-0.4, -0.2) is 36.9 Å². The van der Waals surface area contributed by atoms with Gasteiger partial charge in [0.2, 0.25) is 0 Å². The Morgan fingerprint density at radius 1 is 0.867 bits per heavy atom. The molecule has 0 radical (unpaired) electrons. The first-order valence-electron chi connectivity index (χ1n) is 5.99. The van der Waals surface area contributed by atoms with Crippen molar-refractivity contribution in [1.82, 2.24) is 0 Å². The fraction of sp³-hybridized carbons (Fsp3) is 0.917. The van der Waals surface area contributed by atoms with E-state index in [1.165, 1.54) is 44.9 Å². The number of aliphatic carboxylic acids is 1. The van der Waals surface area contributed by atoms with Crippen molar-refractivity contribution >= 4 is 31.8 Å². The molecule has 0 aromatic carbocycles. The zero-order chi connectivity index (χ0) is 10.6. The zero-order valence-corrected chi connectivity index (χ0v) is 9.43. The van der Waals surface area contributed by atoms with Crippen molar-refractivity contribution in [2.75, 3.05) is 0 Å². The van der Waals surface area contributed by atoms with E-state index in [2.05, 4.69) is 6.92 Å². The van der Waals surface area contributed by atoms with E-state index in [1.54, 1.807) is 0 Å². The Labute approximate surface area is 113 Å². The van der Waals surface area contributed by atoms with Crippen molar-refractivity contribution in [2.24, 2.45) is 0 Å². The third kappa shape index (κ3) is 17.0. The number of hydrogen-bond acceptors (Lipinski definition) is 1. The van der Waals surface area contributed by atoms with Gasteiger partial charge in [0, 0.05) is 6.42 Å². The van der Waals surface area contributed by atoms with Crippen LogP contribution in [0.4, 0.5) is 0 Å². The van der Waals surface area contributed by atoms with Crippen molar-refractivity contribution in [3.8, 4) is 0 Å². The molecule has 0 aliphatic carbocycles. The van der Waals surface area contributed by atoms with Crippen LogP contribution in [-0.2, 0) is 4.79 Å². The van der Waals surface area contributed by atoms with Crippen LogP contribution in [0, 0.1) is 0 Å². The monoisotopic (exact) mass is 318 g/mol. The average molecular weight is 318 g/mol. The first kappa shape index (κ1) is 17.7. The molecule has 0 heterocycles. The van der Waals surface area contributed by atoms with Crippen molar-refractivity contribution in [1.29, 1.82) is 0 Å². The molecule has 0 atom stereocenters. The first-order chi connectivity index (χ1) is 6.77. The van der Waals surface area contributed by atoms with Gasteiger partial charge < -0.3 is 5.11 Å². The molecule has 0 unspecified atom stereocenters. The van der Waals surface area contributed by atoms with Gasteiger partial charge >= 0.3 is 31.8 Å². The molecule has 0 rings (SSSR count). The van der Waals surface area contributed by atoms with Gasteiger partial charge in [-0.1, -0.05) is 58.3 Å². The van der Waals surface area contributed by atoms with E-state index < -0.39 is 5.97 Å². The van der Waals surface area contributed by atoms with Crippen molar-refractivity contribution in [2.45, 2.75) is 71.1 Å². The van der Waals surface area contributed by atoms with E-state index in [0.29, 0.717) is 6.42 Å². The summed E-state index contributed by atoms with van der Waals surface area (Å²) >= 11 is 0. The van der Waals surface area contributed by atoms with Gasteiger partial charge in [-0.3, -0.25) is 4.79 Å². The molecule has 0 aromatic rings. The molecule has 2 nitrogen and oxygen atoms in total. The molecular formula is C12H27InO2. The van der Waals surface area contributed by atoms with E-state index in [1.807, 2.05) is 0 Å². The summed E-state index contributed by atoms with van der Waals surface area (Å²) < 4.78 is 0. The summed E-state index contributed by atoms with van der Waals surface area (Å²) in [5, 5.41) is 8.41. The molecule has 0 aliphatic rings. The molecular weight excluding hydrogens is 291 g/mol. The summed E-state index contributed by atoms with van der Waals surface area (Å²) in [6.07, 6.45) is 11.5. The van der Waals surface area contributed by atoms with Gasteiger partial charge in [0.1, 0.15) is 0 Å². The number of hydrogen-bond donors (Lipinski definition) is 1. The molecule has 0 saturated carbocycles. The molecule has 3 heteroatoms. The van der Waals surface area contributed by atoms with Gasteiger partial charge in [-0.05, 0) is 6.42 Å². The van der Waals surface area contributed by atoms with Crippen molar-refractivity contribution < 1.29 is 9.90 Å². The summed E-state index contributed by atoms with van der Waals surface area (Å²) in [6.45, 7) is 2.23. The van der Waals surface area contributed by atoms with Gasteiger partial charge in [0.25, 0.3) is 0 Å². The standard InChI is InChI=1S/C12H24O2.In.3H/c1-2-3-4-5-6-7-8-9-10-11-12(13)14;;;;/h2-11H2,1H3,(H,13,14);;;;. The Hall–Kier alpha value is 0.340. The fourth-order valence-electron chi connectivity index (χ4n) is 1.59. The van der Waals surface area contributed by atoms with Gasteiger partial charge in [0.05, 0.1) is 0 Å². The van der Waals surface area contributed by atoms with Crippen LogP contribution in [0.15, 0.2) is 0 Å². The first-order valence-corrected chi connectivity index (χ1v) is 5.99. The topological polar surface area (TPSA) is 37.3 Å². The number of carbonyl (C=O) groups is 1. The summed E-state index contributed by atoms with van der Waals surface area (Å²) in [5.41, 5.74) is 0. The number of unbranched alkanes of at least 4 members (excludes halogenated alkanes) is 8. The normalized spacial score (nSPS) is 9.67. The molecule has 0 bridgehead atoms. The average Bonchev–Trinajstić information content (AvgIpc) is 2.15. The molecule has 90 valence electrons. The molecule has 1 N–H and O–H groups in total. The second-order valence-corrected chi connectivity index (χ2v) is 3.97. The van der Waals surface area contributed by atoms with Crippen LogP contribution in [0.1, 0.15) is 71.1 Å². The van der Waals surface area contributed by atoms with Crippen LogP contribution >= 0.6 is 0 Å². The summed E-state index contributed by atoms with van der Waals surface area (Å²) in [4.78, 5) is 10.2. The maximum absolute atomic E-state index is 10.2.